The van der Waals surface area contributed by atoms with Gasteiger partial charge in [-0.25, -0.2) is 0 Å². The topological polar surface area (TPSA) is 57.5 Å². The first kappa shape index (κ1) is 13.3. The molecule has 0 aromatic carbocycles. The number of methoxy groups -OCH3 is 2. The molecule has 2 rings (SSSR count). The van der Waals surface area contributed by atoms with Gasteiger partial charge in [-0.05, 0) is 22.9 Å². The molecule has 1 aromatic heterocycles. The normalized spacial score (nSPS) is 22.8. The number of aromatic nitrogens is 1. The van der Waals surface area contributed by atoms with Crippen molar-refractivity contribution < 1.29 is 14.3 Å². The van der Waals surface area contributed by atoms with E-state index >= 15 is 0 Å². The van der Waals surface area contributed by atoms with Crippen molar-refractivity contribution in [2.75, 3.05) is 14.2 Å². The summed E-state index contributed by atoms with van der Waals surface area (Å²) >= 11 is 3.18. The van der Waals surface area contributed by atoms with E-state index in [2.05, 4.69) is 15.9 Å². The maximum atomic E-state index is 12.4. The van der Waals surface area contributed by atoms with E-state index in [4.69, 9.17) is 9.47 Å². The van der Waals surface area contributed by atoms with Crippen LogP contribution in [-0.4, -0.2) is 30.2 Å². The molecular weight excluding hydrogens is 302 g/mol. The van der Waals surface area contributed by atoms with Crippen molar-refractivity contribution in [3.8, 4) is 5.75 Å². The standard InChI is InChI=1S/C12H14BrNO4/c1-12(18-3)4-5-14-6-7(13)9(15)10(17-2)8(14)11(12)16/h6H,4-5H2,1-3H3/t12-/m0/s1. The zero-order valence-electron chi connectivity index (χ0n) is 10.4. The first-order chi connectivity index (χ1) is 8.44. The van der Waals surface area contributed by atoms with E-state index in [9.17, 15) is 9.59 Å². The second-order valence-corrected chi connectivity index (χ2v) is 5.25. The molecule has 0 saturated heterocycles. The Hall–Kier alpha value is -1.14. The fourth-order valence-electron chi connectivity index (χ4n) is 2.10. The number of hydrogen-bond donors (Lipinski definition) is 0. The van der Waals surface area contributed by atoms with Gasteiger partial charge < -0.3 is 14.0 Å². The van der Waals surface area contributed by atoms with Crippen molar-refractivity contribution in [2.24, 2.45) is 0 Å². The van der Waals surface area contributed by atoms with Crippen LogP contribution in [0.2, 0.25) is 0 Å². The average Bonchev–Trinajstić information content (AvgIpc) is 2.37. The molecule has 5 nitrogen and oxygen atoms in total. The van der Waals surface area contributed by atoms with Crippen LogP contribution in [0.25, 0.3) is 0 Å². The van der Waals surface area contributed by atoms with Gasteiger partial charge in [-0.2, -0.15) is 0 Å². The van der Waals surface area contributed by atoms with Gasteiger partial charge in [-0.1, -0.05) is 0 Å². The Labute approximate surface area is 113 Å². The summed E-state index contributed by atoms with van der Waals surface area (Å²) < 4.78 is 12.5. The number of pyridine rings is 1. The number of fused-ring (bicyclic) bond motifs is 1. The van der Waals surface area contributed by atoms with Crippen LogP contribution in [0.4, 0.5) is 0 Å². The third-order valence-corrected chi connectivity index (χ3v) is 3.94. The molecular formula is C12H14BrNO4. The van der Waals surface area contributed by atoms with E-state index in [1.165, 1.54) is 14.2 Å². The zero-order chi connectivity index (χ0) is 13.5. The Morgan fingerprint density at radius 2 is 2.06 bits per heavy atom. The summed E-state index contributed by atoms with van der Waals surface area (Å²) in [5, 5.41) is 0. The molecule has 0 radical (unpaired) electrons. The Bertz CT molecular complexity index is 566. The monoisotopic (exact) mass is 315 g/mol. The number of halogens is 1. The smallest absolute Gasteiger partial charge is 0.238 e. The van der Waals surface area contributed by atoms with Gasteiger partial charge >= 0.3 is 0 Å². The van der Waals surface area contributed by atoms with Crippen molar-refractivity contribution in [1.29, 1.82) is 0 Å². The van der Waals surface area contributed by atoms with Crippen LogP contribution in [0, 0.1) is 0 Å². The Morgan fingerprint density at radius 3 is 2.61 bits per heavy atom. The quantitative estimate of drug-likeness (QED) is 0.832. The molecule has 18 heavy (non-hydrogen) atoms. The maximum absolute atomic E-state index is 12.4. The number of carbonyl (C=O) groups excluding carboxylic acids is 1. The van der Waals surface area contributed by atoms with Gasteiger partial charge in [0.1, 0.15) is 11.3 Å². The molecule has 0 aliphatic carbocycles. The maximum Gasteiger partial charge on any atom is 0.238 e. The van der Waals surface area contributed by atoms with Gasteiger partial charge in [0, 0.05) is 26.3 Å². The SMILES string of the molecule is COc1c2n(cc(Br)c1=O)CC[C@](C)(OC)C2=O. The molecule has 1 aromatic rings. The predicted molar refractivity (Wildman–Crippen MR) is 69.3 cm³/mol. The fraction of sp³-hybridized carbons (Fsp3) is 0.500. The first-order valence-electron chi connectivity index (χ1n) is 5.51. The molecule has 0 unspecified atom stereocenters. The number of rotatable bonds is 2. The van der Waals surface area contributed by atoms with E-state index < -0.39 is 5.60 Å². The average molecular weight is 316 g/mol. The Morgan fingerprint density at radius 1 is 1.39 bits per heavy atom. The molecule has 1 aliphatic heterocycles. The van der Waals surface area contributed by atoms with Gasteiger partial charge in [-0.3, -0.25) is 9.59 Å². The molecule has 98 valence electrons. The fourth-order valence-corrected chi connectivity index (χ4v) is 2.53. The van der Waals surface area contributed by atoms with Crippen LogP contribution in [0.3, 0.4) is 0 Å². The molecule has 0 fully saturated rings. The van der Waals surface area contributed by atoms with Crippen molar-refractivity contribution in [3.63, 3.8) is 0 Å². The molecule has 1 atom stereocenters. The number of carbonyl (C=O) groups is 1. The van der Waals surface area contributed by atoms with Gasteiger partial charge in [0.15, 0.2) is 5.75 Å². The molecule has 0 amide bonds. The van der Waals surface area contributed by atoms with Crippen LogP contribution in [0.1, 0.15) is 23.8 Å². The molecule has 6 heteroatoms. The summed E-state index contributed by atoms with van der Waals surface area (Å²) in [6.07, 6.45) is 2.18. The van der Waals surface area contributed by atoms with Crippen molar-refractivity contribution in [1.82, 2.24) is 4.57 Å². The summed E-state index contributed by atoms with van der Waals surface area (Å²) in [4.78, 5) is 24.4. The molecule has 2 heterocycles. The second kappa shape index (κ2) is 4.51. The zero-order valence-corrected chi connectivity index (χ0v) is 12.0. The van der Waals surface area contributed by atoms with Crippen molar-refractivity contribution >= 4 is 21.7 Å². The summed E-state index contributed by atoms with van der Waals surface area (Å²) in [6, 6.07) is 0. The number of nitrogens with zero attached hydrogens (tertiary/aromatic N) is 1. The minimum atomic E-state index is -0.895. The number of ketones is 1. The highest BCUT2D eigenvalue weighted by atomic mass is 79.9. The lowest BCUT2D eigenvalue weighted by atomic mass is 9.90. The summed E-state index contributed by atoms with van der Waals surface area (Å²) in [5.74, 6) is -0.157. The molecule has 0 spiro atoms. The highest BCUT2D eigenvalue weighted by Crippen LogP contribution is 2.31. The van der Waals surface area contributed by atoms with Crippen LogP contribution in [-0.2, 0) is 11.3 Å². The van der Waals surface area contributed by atoms with Crippen LogP contribution in [0.15, 0.2) is 15.5 Å². The van der Waals surface area contributed by atoms with E-state index in [0.29, 0.717) is 17.4 Å². The number of hydrogen-bond acceptors (Lipinski definition) is 4. The van der Waals surface area contributed by atoms with E-state index in [1.54, 1.807) is 17.7 Å². The Balaban J connectivity index is 2.71. The van der Waals surface area contributed by atoms with Gasteiger partial charge in [0.05, 0.1) is 11.6 Å². The minimum Gasteiger partial charge on any atom is -0.491 e. The van der Waals surface area contributed by atoms with Crippen molar-refractivity contribution in [2.45, 2.75) is 25.5 Å². The van der Waals surface area contributed by atoms with Crippen LogP contribution in [0.5, 0.6) is 5.75 Å². The summed E-state index contributed by atoms with van der Waals surface area (Å²) in [6.45, 7) is 2.32. The summed E-state index contributed by atoms with van der Waals surface area (Å²) in [5.41, 5.74) is -0.938. The van der Waals surface area contributed by atoms with E-state index in [-0.39, 0.29) is 22.7 Å². The van der Waals surface area contributed by atoms with Gasteiger partial charge in [-0.15, -0.1) is 0 Å². The van der Waals surface area contributed by atoms with E-state index in [1.807, 2.05) is 0 Å². The van der Waals surface area contributed by atoms with Gasteiger partial charge in [0.25, 0.3) is 0 Å². The highest BCUT2D eigenvalue weighted by Gasteiger charge is 2.41. The van der Waals surface area contributed by atoms with Crippen LogP contribution < -0.4 is 10.2 Å². The lowest BCUT2D eigenvalue weighted by Gasteiger charge is -2.33. The predicted octanol–water partition coefficient (Wildman–Crippen LogP) is 1.61. The highest BCUT2D eigenvalue weighted by molar-refractivity contribution is 9.10. The van der Waals surface area contributed by atoms with Crippen LogP contribution >= 0.6 is 15.9 Å². The minimum absolute atomic E-state index is 0.0670. The number of ether oxygens (including phenoxy) is 2. The Kier molecular flexibility index (Phi) is 3.33. The molecule has 0 N–H and O–H groups in total. The second-order valence-electron chi connectivity index (χ2n) is 4.40. The molecule has 1 aliphatic rings. The largest absolute Gasteiger partial charge is 0.491 e. The summed E-state index contributed by atoms with van der Waals surface area (Å²) in [7, 11) is 2.88. The lowest BCUT2D eigenvalue weighted by molar-refractivity contribution is -0.000896. The molecule has 0 saturated carbocycles. The molecule has 0 bridgehead atoms. The van der Waals surface area contributed by atoms with E-state index in [0.717, 1.165) is 0 Å². The number of Topliss-reactive ketones (excluding diaryl/α,β-unsaturated/α-hetero) is 1. The third kappa shape index (κ3) is 1.80. The first-order valence-corrected chi connectivity index (χ1v) is 6.31. The third-order valence-electron chi connectivity index (χ3n) is 3.37. The number of aryl methyl sites for hydroxylation is 1. The van der Waals surface area contributed by atoms with Crippen molar-refractivity contribution in [3.05, 3.63) is 26.6 Å². The van der Waals surface area contributed by atoms with Gasteiger partial charge in [0.2, 0.25) is 11.2 Å². The lowest BCUT2D eigenvalue weighted by Crippen LogP contribution is -2.45.